The summed E-state index contributed by atoms with van der Waals surface area (Å²) < 4.78 is 15.1. The minimum Gasteiger partial charge on any atom is -0.387 e. The van der Waals surface area contributed by atoms with Gasteiger partial charge in [0.2, 0.25) is 5.91 Å². The van der Waals surface area contributed by atoms with Crippen molar-refractivity contribution in [3.63, 3.8) is 0 Å². The molecule has 3 aliphatic rings. The molecule has 2 aliphatic heterocycles. The van der Waals surface area contributed by atoms with E-state index in [9.17, 15) is 9.90 Å². The fraction of sp³-hybridized carbons (Fsp3) is 0.593. The molecule has 1 aromatic carbocycles. The van der Waals surface area contributed by atoms with Gasteiger partial charge in [0.05, 0.1) is 17.7 Å². The summed E-state index contributed by atoms with van der Waals surface area (Å²) in [6, 6.07) is 5.11. The topological polar surface area (TPSA) is 81.6 Å². The number of anilines is 1. The maximum Gasteiger partial charge on any atom is 0.231 e. The molecule has 1 aliphatic carbocycles. The number of aryl methyl sites for hydroxylation is 1. The van der Waals surface area contributed by atoms with Crippen LogP contribution in [-0.2, 0) is 4.79 Å². The zero-order chi connectivity index (χ0) is 24.9. The van der Waals surface area contributed by atoms with Crippen molar-refractivity contribution in [2.45, 2.75) is 76.5 Å². The number of halogens is 3. The maximum absolute atomic E-state index is 15.1. The highest BCUT2D eigenvalue weighted by atomic mass is 35.5. The van der Waals surface area contributed by atoms with Gasteiger partial charge in [-0.1, -0.05) is 19.1 Å². The molecule has 5 rings (SSSR count). The third-order valence-electron chi connectivity index (χ3n) is 7.99. The summed E-state index contributed by atoms with van der Waals surface area (Å²) in [7, 11) is 0. The SMILES string of the molecule is Cc1ccc([C@H](C(=O)N2CCN(c3ncnc4c3[C@H](C)C[C@H]4O)CC2)[C@@H]2CCC(C)(C)N2)c(F)c1.Cl.Cl. The number of carbonyl (C=O) groups excluding carboxylic acids is 1. The number of piperazine rings is 1. The van der Waals surface area contributed by atoms with Crippen LogP contribution in [0.1, 0.15) is 80.4 Å². The van der Waals surface area contributed by atoms with Gasteiger partial charge in [-0.3, -0.25) is 4.79 Å². The number of fused-ring (bicyclic) bond motifs is 1. The number of hydrogen-bond donors (Lipinski definition) is 2. The number of aliphatic hydroxyl groups excluding tert-OH is 1. The molecular weight excluding hydrogens is 516 g/mol. The Bertz CT molecular complexity index is 1130. The lowest BCUT2D eigenvalue weighted by Gasteiger charge is -2.39. The summed E-state index contributed by atoms with van der Waals surface area (Å²) in [6.45, 7) is 10.6. The molecule has 3 heterocycles. The standard InChI is InChI=1S/C27H36FN5O2.2ClH/c1-16-5-6-18(19(28)13-16)23(20-7-8-27(3,4)31-20)26(35)33-11-9-32(10-12-33)25-22-17(2)14-21(34)24(22)29-15-30-25;;/h5-6,13,15,17,20-21,23,31,34H,7-12,14H2,1-4H3;2*1H/t17-,20+,21-,23+;;/m1../s1. The van der Waals surface area contributed by atoms with Gasteiger partial charge in [0.15, 0.2) is 0 Å². The van der Waals surface area contributed by atoms with Crippen LogP contribution in [0.15, 0.2) is 24.5 Å². The zero-order valence-corrected chi connectivity index (χ0v) is 23.5. The number of aromatic nitrogens is 2. The van der Waals surface area contributed by atoms with Crippen molar-refractivity contribution in [2.24, 2.45) is 0 Å². The third kappa shape index (κ3) is 5.72. The average Bonchev–Trinajstić information content (AvgIpc) is 3.33. The molecule has 0 bridgehead atoms. The largest absolute Gasteiger partial charge is 0.387 e. The Hall–Kier alpha value is -2.00. The Morgan fingerprint density at radius 2 is 1.89 bits per heavy atom. The average molecular weight is 555 g/mol. The van der Waals surface area contributed by atoms with E-state index in [1.54, 1.807) is 6.07 Å². The molecule has 2 N–H and O–H groups in total. The van der Waals surface area contributed by atoms with Gasteiger partial charge < -0.3 is 20.2 Å². The number of amides is 1. The summed E-state index contributed by atoms with van der Waals surface area (Å²) in [5.41, 5.74) is 3.01. The molecule has 7 nitrogen and oxygen atoms in total. The summed E-state index contributed by atoms with van der Waals surface area (Å²) >= 11 is 0. The van der Waals surface area contributed by atoms with Crippen molar-refractivity contribution >= 4 is 36.5 Å². The Balaban J connectivity index is 0.00000190. The first-order valence-corrected chi connectivity index (χ1v) is 12.7. The van der Waals surface area contributed by atoms with Gasteiger partial charge in [0.25, 0.3) is 0 Å². The lowest BCUT2D eigenvalue weighted by Crippen LogP contribution is -2.53. The number of nitrogens with one attached hydrogen (secondary N) is 1. The summed E-state index contributed by atoms with van der Waals surface area (Å²) in [5, 5.41) is 13.9. The molecule has 10 heteroatoms. The summed E-state index contributed by atoms with van der Waals surface area (Å²) in [6.07, 6.45) is 3.43. The van der Waals surface area contributed by atoms with Gasteiger partial charge in [-0.15, -0.1) is 24.8 Å². The van der Waals surface area contributed by atoms with E-state index in [4.69, 9.17) is 0 Å². The summed E-state index contributed by atoms with van der Waals surface area (Å²) in [5.74, 6) is 0.187. The molecule has 2 saturated heterocycles. The van der Waals surface area contributed by atoms with Gasteiger partial charge in [-0.05, 0) is 57.6 Å². The summed E-state index contributed by atoms with van der Waals surface area (Å²) in [4.78, 5) is 26.8. The van der Waals surface area contributed by atoms with Crippen LogP contribution in [0.2, 0.25) is 0 Å². The first kappa shape index (κ1) is 29.6. The van der Waals surface area contributed by atoms with Crippen LogP contribution >= 0.6 is 24.8 Å². The molecule has 0 spiro atoms. The Labute approximate surface area is 231 Å². The van der Waals surface area contributed by atoms with Gasteiger partial charge in [-0.2, -0.15) is 0 Å². The second-order valence-corrected chi connectivity index (χ2v) is 11.1. The molecule has 0 unspecified atom stereocenters. The zero-order valence-electron chi connectivity index (χ0n) is 21.9. The molecule has 2 fully saturated rings. The lowest BCUT2D eigenvalue weighted by atomic mass is 9.88. The smallest absolute Gasteiger partial charge is 0.231 e. The predicted molar refractivity (Wildman–Crippen MR) is 147 cm³/mol. The van der Waals surface area contributed by atoms with E-state index in [0.29, 0.717) is 38.2 Å². The van der Waals surface area contributed by atoms with E-state index in [0.717, 1.165) is 35.5 Å². The van der Waals surface area contributed by atoms with E-state index < -0.39 is 12.0 Å². The van der Waals surface area contributed by atoms with Crippen molar-refractivity contribution < 1.29 is 14.3 Å². The molecule has 0 radical (unpaired) electrons. The van der Waals surface area contributed by atoms with Crippen LogP contribution in [0, 0.1) is 12.7 Å². The monoisotopic (exact) mass is 553 g/mol. The fourth-order valence-corrected chi connectivity index (χ4v) is 6.11. The Kier molecular flexibility index (Phi) is 9.10. The number of rotatable bonds is 4. The van der Waals surface area contributed by atoms with Crippen LogP contribution in [0.4, 0.5) is 10.2 Å². The Morgan fingerprint density at radius 3 is 2.51 bits per heavy atom. The maximum atomic E-state index is 15.1. The second-order valence-electron chi connectivity index (χ2n) is 11.1. The van der Waals surface area contributed by atoms with E-state index in [1.807, 2.05) is 17.9 Å². The normalized spacial score (nSPS) is 25.2. The van der Waals surface area contributed by atoms with Crippen molar-refractivity contribution in [3.8, 4) is 0 Å². The Morgan fingerprint density at radius 1 is 1.19 bits per heavy atom. The van der Waals surface area contributed by atoms with Crippen molar-refractivity contribution in [1.82, 2.24) is 20.2 Å². The number of hydrogen-bond acceptors (Lipinski definition) is 6. The van der Waals surface area contributed by atoms with Crippen LogP contribution in [0.25, 0.3) is 0 Å². The molecule has 2 aromatic rings. The lowest BCUT2D eigenvalue weighted by molar-refractivity contribution is -0.133. The molecule has 4 atom stereocenters. The van der Waals surface area contributed by atoms with Crippen molar-refractivity contribution in [2.75, 3.05) is 31.1 Å². The van der Waals surface area contributed by atoms with E-state index >= 15 is 4.39 Å². The molecule has 1 amide bonds. The van der Waals surface area contributed by atoms with Crippen molar-refractivity contribution in [1.29, 1.82) is 0 Å². The van der Waals surface area contributed by atoms with Crippen LogP contribution in [0.3, 0.4) is 0 Å². The first-order valence-electron chi connectivity index (χ1n) is 12.7. The van der Waals surface area contributed by atoms with Crippen LogP contribution < -0.4 is 10.2 Å². The van der Waals surface area contributed by atoms with Crippen molar-refractivity contribution in [3.05, 3.63) is 52.7 Å². The third-order valence-corrected chi connectivity index (χ3v) is 7.99. The van der Waals surface area contributed by atoms with E-state index in [-0.39, 0.29) is 54.0 Å². The van der Waals surface area contributed by atoms with Gasteiger partial charge in [-0.25, -0.2) is 14.4 Å². The van der Waals surface area contributed by atoms with E-state index in [1.165, 1.54) is 12.4 Å². The molecule has 204 valence electrons. The fourth-order valence-electron chi connectivity index (χ4n) is 6.11. The van der Waals surface area contributed by atoms with Gasteiger partial charge in [0.1, 0.15) is 18.0 Å². The van der Waals surface area contributed by atoms with E-state index in [2.05, 4.69) is 41.0 Å². The molecule has 37 heavy (non-hydrogen) atoms. The second kappa shape index (κ2) is 11.4. The van der Waals surface area contributed by atoms with Gasteiger partial charge in [0, 0.05) is 48.9 Å². The molecular formula is C27H38Cl2FN5O2. The minimum absolute atomic E-state index is 0. The van der Waals surface area contributed by atoms with Crippen LogP contribution in [-0.4, -0.2) is 63.6 Å². The number of benzene rings is 1. The number of nitrogens with zero attached hydrogens (tertiary/aromatic N) is 4. The van der Waals surface area contributed by atoms with Crippen LogP contribution in [0.5, 0.6) is 0 Å². The highest BCUT2D eigenvalue weighted by Crippen LogP contribution is 2.43. The number of aliphatic hydroxyl groups is 1. The quantitative estimate of drug-likeness (QED) is 0.588. The predicted octanol–water partition coefficient (Wildman–Crippen LogP) is 4.27. The molecule has 1 aromatic heterocycles. The number of carbonyl (C=O) groups is 1. The highest BCUT2D eigenvalue weighted by Gasteiger charge is 2.42. The molecule has 0 saturated carbocycles. The van der Waals surface area contributed by atoms with Gasteiger partial charge >= 0.3 is 0 Å². The minimum atomic E-state index is -0.553. The first-order chi connectivity index (χ1) is 16.6. The highest BCUT2D eigenvalue weighted by molar-refractivity contribution is 5.86.